The molecule has 1 amide bonds. The van der Waals surface area contributed by atoms with E-state index in [0.717, 1.165) is 11.3 Å². The molecule has 1 aromatic heterocycles. The molecule has 3 heterocycles. The Morgan fingerprint density at radius 3 is 2.47 bits per heavy atom. The molecule has 11 heteroatoms. The minimum absolute atomic E-state index is 0.0137. The highest BCUT2D eigenvalue weighted by molar-refractivity contribution is 7.90. The summed E-state index contributed by atoms with van der Waals surface area (Å²) in [4.78, 5) is 28.6. The van der Waals surface area contributed by atoms with Gasteiger partial charge in [-0.15, -0.1) is 0 Å². The summed E-state index contributed by atoms with van der Waals surface area (Å²) in [7, 11) is -3.43. The average molecular weight is 624 g/mol. The number of hydrogen-bond donors (Lipinski definition) is 0. The molecule has 43 heavy (non-hydrogen) atoms. The molecular formula is C32H35ClFN5O3S. The zero-order valence-electron chi connectivity index (χ0n) is 24.9. The van der Waals surface area contributed by atoms with Crippen LogP contribution in [0.15, 0.2) is 71.1 Å². The Labute approximate surface area is 257 Å². The molecule has 226 valence electrons. The number of fused-ring (bicyclic) bond motifs is 1. The first-order valence-corrected chi connectivity index (χ1v) is 16.4. The molecule has 2 aromatic carbocycles. The smallest absolute Gasteiger partial charge is 0.246 e. The van der Waals surface area contributed by atoms with E-state index in [0.29, 0.717) is 36.0 Å². The van der Waals surface area contributed by atoms with Gasteiger partial charge in [0.1, 0.15) is 24.1 Å². The van der Waals surface area contributed by atoms with Crippen molar-refractivity contribution in [2.75, 3.05) is 30.9 Å². The Balaban J connectivity index is 1.68. The number of piperazine rings is 1. The fraction of sp³-hybridized carbons (Fsp3) is 0.344. The largest absolute Gasteiger partial charge is 0.350 e. The molecule has 0 aliphatic carbocycles. The molecule has 0 unspecified atom stereocenters. The standard InChI is InChI=1S/C32H35ClFN5O3S/c1-7-29(40)37-16-21(5)38(17-20(37)4)31-25-15-26(33)30(23-10-8-9-11-27(23)34)36-32(25)39(18-35-31)28-13-12-22(43(6,41)42)14-24(28)19(2)3/h7-15,19-21H,1,16-18H2,2-6H3/t20-,21+/m1/s1. The zero-order chi connectivity index (χ0) is 31.2. The molecule has 3 aromatic rings. The molecule has 2 aliphatic heterocycles. The highest BCUT2D eigenvalue weighted by Crippen LogP contribution is 2.41. The van der Waals surface area contributed by atoms with Crippen LogP contribution in [0.4, 0.5) is 15.9 Å². The van der Waals surface area contributed by atoms with Gasteiger partial charge in [-0.05, 0) is 67.8 Å². The number of halogens is 2. The second-order valence-electron chi connectivity index (χ2n) is 11.4. The van der Waals surface area contributed by atoms with Crippen LogP contribution < -0.4 is 4.90 Å². The van der Waals surface area contributed by atoms with Crippen molar-refractivity contribution >= 4 is 44.7 Å². The van der Waals surface area contributed by atoms with E-state index in [-0.39, 0.29) is 46.1 Å². The van der Waals surface area contributed by atoms with E-state index in [1.807, 2.05) is 32.6 Å². The van der Waals surface area contributed by atoms with E-state index in [9.17, 15) is 17.6 Å². The number of rotatable bonds is 5. The van der Waals surface area contributed by atoms with Crippen LogP contribution in [0.2, 0.25) is 5.02 Å². The summed E-state index contributed by atoms with van der Waals surface area (Å²) >= 11 is 6.82. The summed E-state index contributed by atoms with van der Waals surface area (Å²) in [6, 6.07) is 13.0. The van der Waals surface area contributed by atoms with Gasteiger partial charge in [-0.25, -0.2) is 22.8 Å². The van der Waals surface area contributed by atoms with Crippen LogP contribution in [0, 0.1) is 5.82 Å². The number of pyridine rings is 1. The van der Waals surface area contributed by atoms with Crippen molar-refractivity contribution in [2.45, 2.75) is 50.6 Å². The third-order valence-electron chi connectivity index (χ3n) is 8.00. The Morgan fingerprint density at radius 1 is 1.09 bits per heavy atom. The van der Waals surface area contributed by atoms with Crippen LogP contribution in [0.3, 0.4) is 0 Å². The molecule has 0 N–H and O–H groups in total. The molecule has 1 saturated heterocycles. The van der Waals surface area contributed by atoms with Crippen molar-refractivity contribution in [2.24, 2.45) is 4.99 Å². The number of aliphatic imine (C=N–C) groups is 1. The fourth-order valence-electron chi connectivity index (χ4n) is 5.73. The first kappa shape index (κ1) is 30.7. The number of sulfone groups is 1. The number of carbonyl (C=O) groups is 1. The maximum Gasteiger partial charge on any atom is 0.246 e. The Kier molecular flexibility index (Phi) is 8.37. The molecular weight excluding hydrogens is 589 g/mol. The molecule has 2 atom stereocenters. The second kappa shape index (κ2) is 11.7. The lowest BCUT2D eigenvalue weighted by atomic mass is 9.99. The summed E-state index contributed by atoms with van der Waals surface area (Å²) in [5.74, 6) is 0.643. The van der Waals surface area contributed by atoms with E-state index >= 15 is 0 Å². The van der Waals surface area contributed by atoms with E-state index in [1.165, 1.54) is 18.4 Å². The van der Waals surface area contributed by atoms with Gasteiger partial charge in [0.25, 0.3) is 0 Å². The van der Waals surface area contributed by atoms with Crippen LogP contribution in [-0.4, -0.2) is 73.0 Å². The quantitative estimate of drug-likeness (QED) is 0.323. The van der Waals surface area contributed by atoms with Crippen LogP contribution in [-0.2, 0) is 14.6 Å². The van der Waals surface area contributed by atoms with E-state index in [4.69, 9.17) is 21.6 Å². The monoisotopic (exact) mass is 623 g/mol. The SMILES string of the molecule is C=CC(=O)N1C[C@H](C)N(C2=NCN(c3ccc(S(C)(=O)=O)cc3C(C)C)c3nc(-c4ccccc4F)c(Cl)cc32)C[C@H]1C. The molecule has 8 nitrogen and oxygen atoms in total. The number of carbonyl (C=O) groups excluding carboxylic acids is 1. The number of hydrogen-bond acceptors (Lipinski definition) is 7. The highest BCUT2D eigenvalue weighted by Gasteiger charge is 2.37. The lowest BCUT2D eigenvalue weighted by Crippen LogP contribution is -2.59. The lowest BCUT2D eigenvalue weighted by Gasteiger charge is -2.46. The van der Waals surface area contributed by atoms with Gasteiger partial charge in [0.2, 0.25) is 5.91 Å². The van der Waals surface area contributed by atoms with Crippen molar-refractivity contribution in [1.29, 1.82) is 0 Å². The van der Waals surface area contributed by atoms with Crippen molar-refractivity contribution in [3.63, 3.8) is 0 Å². The van der Waals surface area contributed by atoms with Gasteiger partial charge in [0.05, 0.1) is 21.2 Å². The Bertz CT molecular complexity index is 1740. The van der Waals surface area contributed by atoms with E-state index in [2.05, 4.69) is 11.5 Å². The molecule has 0 bridgehead atoms. The molecule has 5 rings (SSSR count). The highest BCUT2D eigenvalue weighted by atomic mass is 35.5. The molecule has 0 saturated carbocycles. The van der Waals surface area contributed by atoms with Crippen molar-refractivity contribution < 1.29 is 17.6 Å². The lowest BCUT2D eigenvalue weighted by molar-refractivity contribution is -0.130. The second-order valence-corrected chi connectivity index (χ2v) is 13.8. The van der Waals surface area contributed by atoms with Gasteiger partial charge < -0.3 is 14.7 Å². The van der Waals surface area contributed by atoms with E-state index in [1.54, 1.807) is 47.4 Å². The van der Waals surface area contributed by atoms with Crippen LogP contribution >= 0.6 is 11.6 Å². The minimum atomic E-state index is -3.43. The summed E-state index contributed by atoms with van der Waals surface area (Å²) < 4.78 is 39.8. The fourth-order valence-corrected chi connectivity index (χ4v) is 6.64. The molecule has 1 fully saturated rings. The molecule has 0 radical (unpaired) electrons. The van der Waals surface area contributed by atoms with Gasteiger partial charge in [-0.3, -0.25) is 4.79 Å². The first-order valence-electron chi connectivity index (χ1n) is 14.1. The Hall–Kier alpha value is -3.76. The summed E-state index contributed by atoms with van der Waals surface area (Å²) in [6.07, 6.45) is 2.52. The number of aromatic nitrogens is 1. The minimum Gasteiger partial charge on any atom is -0.350 e. The first-order chi connectivity index (χ1) is 20.3. The van der Waals surface area contributed by atoms with Crippen LogP contribution in [0.5, 0.6) is 0 Å². The van der Waals surface area contributed by atoms with Gasteiger partial charge in [-0.1, -0.05) is 44.2 Å². The van der Waals surface area contributed by atoms with Crippen molar-refractivity contribution in [1.82, 2.24) is 14.8 Å². The summed E-state index contributed by atoms with van der Waals surface area (Å²) in [5, 5.41) is 0.274. The molecule has 0 spiro atoms. The third kappa shape index (κ3) is 5.78. The number of anilines is 2. The number of nitrogens with zero attached hydrogens (tertiary/aromatic N) is 5. The van der Waals surface area contributed by atoms with E-state index < -0.39 is 15.7 Å². The van der Waals surface area contributed by atoms with Gasteiger partial charge in [-0.2, -0.15) is 0 Å². The molecule has 2 aliphatic rings. The third-order valence-corrected chi connectivity index (χ3v) is 9.40. The maximum atomic E-state index is 15.0. The zero-order valence-corrected chi connectivity index (χ0v) is 26.5. The predicted octanol–water partition coefficient (Wildman–Crippen LogP) is 6.03. The maximum absolute atomic E-state index is 15.0. The topological polar surface area (TPSA) is 86.2 Å². The number of amides is 1. The summed E-state index contributed by atoms with van der Waals surface area (Å²) in [5.41, 5.74) is 2.81. The normalized spacial score (nSPS) is 18.9. The van der Waals surface area contributed by atoms with Gasteiger partial charge >= 0.3 is 0 Å². The van der Waals surface area contributed by atoms with Gasteiger partial charge in [0.15, 0.2) is 9.84 Å². The average Bonchev–Trinajstić information content (AvgIpc) is 2.96. The number of amidine groups is 1. The van der Waals surface area contributed by atoms with Crippen LogP contribution in [0.1, 0.15) is 44.7 Å². The van der Waals surface area contributed by atoms with Crippen LogP contribution in [0.25, 0.3) is 11.3 Å². The number of benzene rings is 2. The van der Waals surface area contributed by atoms with Crippen molar-refractivity contribution in [3.8, 4) is 11.3 Å². The van der Waals surface area contributed by atoms with Crippen molar-refractivity contribution in [3.05, 3.63) is 83.2 Å². The predicted molar refractivity (Wildman–Crippen MR) is 169 cm³/mol. The van der Waals surface area contributed by atoms with Gasteiger partial charge in [0, 0.05) is 42.7 Å². The Morgan fingerprint density at radius 2 is 1.81 bits per heavy atom. The summed E-state index contributed by atoms with van der Waals surface area (Å²) in [6.45, 7) is 12.9.